The maximum Gasteiger partial charge on any atom is 0.226 e. The zero-order valence-electron chi connectivity index (χ0n) is 17.4. The highest BCUT2D eigenvalue weighted by molar-refractivity contribution is 5.87. The fourth-order valence-electron chi connectivity index (χ4n) is 4.54. The number of carbonyl (C=O) groups is 2. The van der Waals surface area contributed by atoms with Gasteiger partial charge in [-0.15, -0.1) is 0 Å². The molecular formula is C23H36N2O2. The van der Waals surface area contributed by atoms with Crippen molar-refractivity contribution in [3.8, 4) is 0 Å². The molecule has 1 aliphatic heterocycles. The van der Waals surface area contributed by atoms with E-state index in [1.165, 1.54) is 5.56 Å². The Morgan fingerprint density at radius 2 is 1.85 bits per heavy atom. The van der Waals surface area contributed by atoms with E-state index < -0.39 is 0 Å². The van der Waals surface area contributed by atoms with Crippen LogP contribution in [0, 0.1) is 17.8 Å². The molecule has 2 amide bonds. The Kier molecular flexibility index (Phi) is 7.46. The molecule has 3 atom stereocenters. The smallest absolute Gasteiger partial charge is 0.226 e. The minimum atomic E-state index is -0.366. The predicted octanol–water partition coefficient (Wildman–Crippen LogP) is 4.13. The van der Waals surface area contributed by atoms with E-state index >= 15 is 0 Å². The number of piperidine rings is 1. The van der Waals surface area contributed by atoms with Gasteiger partial charge in [-0.3, -0.25) is 9.59 Å². The number of benzene rings is 1. The normalized spacial score (nSPS) is 22.5. The topological polar surface area (TPSA) is 63.4 Å². The molecule has 27 heavy (non-hydrogen) atoms. The number of hydrogen-bond acceptors (Lipinski definition) is 2. The highest BCUT2D eigenvalue weighted by Gasteiger charge is 2.39. The molecule has 1 fully saturated rings. The molecule has 0 bridgehead atoms. The summed E-state index contributed by atoms with van der Waals surface area (Å²) in [6, 6.07) is 10.5. The fraction of sp³-hybridized carbons (Fsp3) is 0.652. The maximum absolute atomic E-state index is 13.5. The van der Waals surface area contributed by atoms with Crippen molar-refractivity contribution in [1.29, 1.82) is 0 Å². The van der Waals surface area contributed by atoms with E-state index in [1.807, 2.05) is 17.9 Å². The molecular weight excluding hydrogens is 336 g/mol. The van der Waals surface area contributed by atoms with Crippen molar-refractivity contribution in [2.45, 2.75) is 65.2 Å². The first-order valence-electron chi connectivity index (χ1n) is 10.4. The summed E-state index contributed by atoms with van der Waals surface area (Å²) in [7, 11) is 0. The summed E-state index contributed by atoms with van der Waals surface area (Å²) < 4.78 is 0. The van der Waals surface area contributed by atoms with E-state index in [4.69, 9.17) is 5.73 Å². The molecule has 0 radical (unpaired) electrons. The quantitative estimate of drug-likeness (QED) is 0.746. The molecule has 0 saturated carbocycles. The Hall–Kier alpha value is -1.84. The van der Waals surface area contributed by atoms with Gasteiger partial charge in [-0.2, -0.15) is 0 Å². The molecule has 4 heteroatoms. The van der Waals surface area contributed by atoms with Crippen molar-refractivity contribution in [3.63, 3.8) is 0 Å². The number of primary amides is 1. The largest absolute Gasteiger partial charge is 0.369 e. The number of carbonyl (C=O) groups excluding carboxylic acids is 2. The molecule has 1 unspecified atom stereocenters. The van der Waals surface area contributed by atoms with Crippen LogP contribution >= 0.6 is 0 Å². The SMILES string of the molecule is CCC[C@H](C(N)=O)[C@@H](CC(C)C)C(=O)N1CCCC(C)(c2ccccc2)C1. The Balaban J connectivity index is 2.24. The van der Waals surface area contributed by atoms with Crippen molar-refractivity contribution in [1.82, 2.24) is 4.90 Å². The minimum absolute atomic E-state index is 0.0372. The van der Waals surface area contributed by atoms with Crippen molar-refractivity contribution < 1.29 is 9.59 Å². The van der Waals surface area contributed by atoms with Crippen LogP contribution < -0.4 is 5.73 Å². The van der Waals surface area contributed by atoms with Crippen LogP contribution in [0.4, 0.5) is 0 Å². The standard InChI is InChI=1S/C23H36N2O2/c1-5-10-19(21(24)26)20(15-17(2)3)22(27)25-14-9-13-23(4,16-25)18-11-7-6-8-12-18/h6-8,11-12,17,19-20H,5,9-10,13-16H2,1-4H3,(H2,24,26)/t19-,20+,23?/m0/s1. The Labute approximate surface area is 164 Å². The van der Waals surface area contributed by atoms with Gasteiger partial charge in [0, 0.05) is 30.3 Å². The average molecular weight is 373 g/mol. The third-order valence-electron chi connectivity index (χ3n) is 5.97. The van der Waals surface area contributed by atoms with Gasteiger partial charge < -0.3 is 10.6 Å². The second-order valence-electron chi connectivity index (χ2n) is 8.82. The van der Waals surface area contributed by atoms with Gasteiger partial charge in [0.15, 0.2) is 0 Å². The Morgan fingerprint density at radius 3 is 2.41 bits per heavy atom. The summed E-state index contributed by atoms with van der Waals surface area (Å²) in [5.41, 5.74) is 6.94. The van der Waals surface area contributed by atoms with Crippen molar-refractivity contribution >= 4 is 11.8 Å². The molecule has 150 valence electrons. The maximum atomic E-state index is 13.5. The summed E-state index contributed by atoms with van der Waals surface area (Å²) >= 11 is 0. The number of amides is 2. The number of nitrogens with zero attached hydrogens (tertiary/aromatic N) is 1. The van der Waals surface area contributed by atoms with Crippen LogP contribution in [-0.2, 0) is 15.0 Å². The number of nitrogens with two attached hydrogens (primary N) is 1. The van der Waals surface area contributed by atoms with Gasteiger partial charge in [-0.25, -0.2) is 0 Å². The molecule has 0 aromatic heterocycles. The Bertz CT molecular complexity index is 629. The van der Waals surface area contributed by atoms with Crippen LogP contribution in [0.25, 0.3) is 0 Å². The van der Waals surface area contributed by atoms with Crippen LogP contribution in [0.15, 0.2) is 30.3 Å². The van der Waals surface area contributed by atoms with E-state index in [0.29, 0.717) is 25.3 Å². The lowest BCUT2D eigenvalue weighted by Gasteiger charge is -2.43. The molecule has 1 aromatic rings. The van der Waals surface area contributed by atoms with Gasteiger partial charge in [-0.05, 0) is 37.2 Å². The third-order valence-corrected chi connectivity index (χ3v) is 5.97. The van der Waals surface area contributed by atoms with Gasteiger partial charge in [0.2, 0.25) is 11.8 Å². The molecule has 1 saturated heterocycles. The minimum Gasteiger partial charge on any atom is -0.369 e. The zero-order valence-corrected chi connectivity index (χ0v) is 17.4. The summed E-state index contributed by atoms with van der Waals surface area (Å²) in [5, 5.41) is 0. The highest BCUT2D eigenvalue weighted by Crippen LogP contribution is 2.35. The number of hydrogen-bond donors (Lipinski definition) is 1. The Morgan fingerprint density at radius 1 is 1.19 bits per heavy atom. The lowest BCUT2D eigenvalue weighted by atomic mass is 9.75. The lowest BCUT2D eigenvalue weighted by Crippen LogP contribution is -2.51. The summed E-state index contributed by atoms with van der Waals surface area (Å²) in [6.07, 6.45) is 4.31. The average Bonchev–Trinajstić information content (AvgIpc) is 2.64. The van der Waals surface area contributed by atoms with Gasteiger partial charge in [0.05, 0.1) is 0 Å². The number of likely N-dealkylation sites (tertiary alicyclic amines) is 1. The van der Waals surface area contributed by atoms with E-state index in [0.717, 1.165) is 25.8 Å². The molecule has 1 aromatic carbocycles. The van der Waals surface area contributed by atoms with Crippen LogP contribution in [-0.4, -0.2) is 29.8 Å². The third kappa shape index (κ3) is 5.33. The molecule has 1 heterocycles. The molecule has 2 rings (SSSR count). The van der Waals surface area contributed by atoms with Gasteiger partial charge in [-0.1, -0.05) is 64.4 Å². The first kappa shape index (κ1) is 21.5. The second kappa shape index (κ2) is 9.38. The first-order valence-corrected chi connectivity index (χ1v) is 10.4. The monoisotopic (exact) mass is 372 g/mol. The zero-order chi connectivity index (χ0) is 20.0. The van der Waals surface area contributed by atoms with Crippen molar-refractivity contribution in [3.05, 3.63) is 35.9 Å². The van der Waals surface area contributed by atoms with Crippen LogP contribution in [0.1, 0.15) is 65.4 Å². The van der Waals surface area contributed by atoms with Crippen LogP contribution in [0.2, 0.25) is 0 Å². The summed E-state index contributed by atoms with van der Waals surface area (Å²) in [5.74, 6) is -0.542. The summed E-state index contributed by atoms with van der Waals surface area (Å²) in [4.78, 5) is 27.6. The first-order chi connectivity index (χ1) is 12.8. The van der Waals surface area contributed by atoms with E-state index in [-0.39, 0.29) is 29.1 Å². The van der Waals surface area contributed by atoms with E-state index in [2.05, 4.69) is 45.0 Å². The fourth-order valence-corrected chi connectivity index (χ4v) is 4.54. The van der Waals surface area contributed by atoms with Crippen LogP contribution in [0.5, 0.6) is 0 Å². The highest BCUT2D eigenvalue weighted by atomic mass is 16.2. The molecule has 0 aliphatic carbocycles. The van der Waals surface area contributed by atoms with Gasteiger partial charge >= 0.3 is 0 Å². The predicted molar refractivity (Wildman–Crippen MR) is 110 cm³/mol. The molecule has 2 N–H and O–H groups in total. The number of rotatable bonds is 8. The van der Waals surface area contributed by atoms with E-state index in [1.54, 1.807) is 0 Å². The molecule has 1 aliphatic rings. The van der Waals surface area contributed by atoms with Crippen molar-refractivity contribution in [2.75, 3.05) is 13.1 Å². The van der Waals surface area contributed by atoms with E-state index in [9.17, 15) is 9.59 Å². The van der Waals surface area contributed by atoms with Crippen LogP contribution in [0.3, 0.4) is 0 Å². The second-order valence-corrected chi connectivity index (χ2v) is 8.82. The lowest BCUT2D eigenvalue weighted by molar-refractivity contribution is -0.144. The molecule has 4 nitrogen and oxygen atoms in total. The summed E-state index contributed by atoms with van der Waals surface area (Å²) in [6.45, 7) is 9.98. The van der Waals surface area contributed by atoms with Crippen molar-refractivity contribution in [2.24, 2.45) is 23.5 Å². The van der Waals surface area contributed by atoms with Gasteiger partial charge in [0.1, 0.15) is 0 Å². The molecule has 0 spiro atoms. The van der Waals surface area contributed by atoms with Gasteiger partial charge in [0.25, 0.3) is 0 Å².